The molecule has 2 N–H and O–H groups in total. The maximum Gasteiger partial charge on any atom is 0.208 e. The molecule has 0 aromatic carbocycles. The van der Waals surface area contributed by atoms with Crippen LogP contribution in [0.15, 0.2) is 12.2 Å². The predicted octanol–water partition coefficient (Wildman–Crippen LogP) is 1.57. The van der Waals surface area contributed by atoms with E-state index < -0.39 is 11.5 Å². The van der Waals surface area contributed by atoms with Crippen molar-refractivity contribution in [1.29, 1.82) is 0 Å². The van der Waals surface area contributed by atoms with Gasteiger partial charge in [-0.3, -0.25) is 14.5 Å². The Morgan fingerprint density at radius 3 is 2.74 bits per heavy atom. The molecular formula is C22H31NO4. The Morgan fingerprint density at radius 2 is 2.00 bits per heavy atom. The fourth-order valence-corrected chi connectivity index (χ4v) is 8.41. The number of likely N-dealkylation sites (tertiary alicyclic amines) is 1. The highest BCUT2D eigenvalue weighted by atomic mass is 16.3. The summed E-state index contributed by atoms with van der Waals surface area (Å²) in [5.41, 5.74) is -0.625. The van der Waals surface area contributed by atoms with E-state index in [-0.39, 0.29) is 46.8 Å². The summed E-state index contributed by atoms with van der Waals surface area (Å²) in [6.45, 7) is 8.55. The molecule has 5 heteroatoms. The fraction of sp³-hybridized carbons (Fsp3) is 0.818. The maximum atomic E-state index is 13.6. The molecule has 6 fully saturated rings. The van der Waals surface area contributed by atoms with Crippen molar-refractivity contribution >= 4 is 11.6 Å². The minimum atomic E-state index is -0.945. The number of β-amino-alcohol motifs (C(OH)–C–C–N with tert-alkyl or cyclic N) is 1. The predicted molar refractivity (Wildman–Crippen MR) is 99.8 cm³/mol. The van der Waals surface area contributed by atoms with Crippen molar-refractivity contribution in [3.05, 3.63) is 12.2 Å². The molecule has 4 bridgehead atoms. The van der Waals surface area contributed by atoms with Gasteiger partial charge in [-0.15, -0.1) is 0 Å². The van der Waals surface area contributed by atoms with Crippen molar-refractivity contribution in [2.45, 2.75) is 51.6 Å². The SMILES string of the molecule is C=C1[C@H]2CC[C@@]3(C(=O)C(=O)C4[C@@]5(C)CCC[C@@]4(CN(CCO)C5)C3C2)[C@H]1O. The summed E-state index contributed by atoms with van der Waals surface area (Å²) in [5.74, 6) is -0.422. The summed E-state index contributed by atoms with van der Waals surface area (Å²) in [6.07, 6.45) is 4.49. The number of piperidine rings is 1. The van der Waals surface area contributed by atoms with Gasteiger partial charge in [-0.25, -0.2) is 0 Å². The number of nitrogens with zero attached hydrogens (tertiary/aromatic N) is 1. The maximum absolute atomic E-state index is 13.6. The van der Waals surface area contributed by atoms with Crippen molar-refractivity contribution in [1.82, 2.24) is 4.90 Å². The highest BCUT2D eigenvalue weighted by Crippen LogP contribution is 2.71. The normalized spacial score (nSPS) is 51.9. The molecule has 5 aliphatic carbocycles. The number of aliphatic hydroxyl groups is 2. The van der Waals surface area contributed by atoms with E-state index in [4.69, 9.17) is 0 Å². The second kappa shape index (κ2) is 5.52. The summed E-state index contributed by atoms with van der Waals surface area (Å²) in [6, 6.07) is 0. The van der Waals surface area contributed by atoms with Gasteiger partial charge in [-0.2, -0.15) is 0 Å². The molecular weight excluding hydrogens is 342 g/mol. The number of Topliss-reactive ketones (excluding diaryl/α,β-unsaturated/α-hetero) is 2. The van der Waals surface area contributed by atoms with Crippen LogP contribution < -0.4 is 0 Å². The molecule has 1 spiro atoms. The molecule has 1 heterocycles. The van der Waals surface area contributed by atoms with E-state index in [0.29, 0.717) is 13.0 Å². The number of hydrogen-bond acceptors (Lipinski definition) is 5. The first kappa shape index (κ1) is 18.0. The zero-order valence-electron chi connectivity index (χ0n) is 16.2. The average Bonchev–Trinajstić information content (AvgIpc) is 2.62. The standard InChI is InChI=1S/C22H31NO4/c1-13-14-4-7-22(18(13)26)15(10-14)21-6-3-5-20(2,11-23(12-21)8-9-24)17(21)16(25)19(22)27/h14-15,17-18,24,26H,1,3-12H2,2H3/t14-,15?,17?,18-,20-,21+,22-/m0/s1. The topological polar surface area (TPSA) is 77.8 Å². The third-order valence-electron chi connectivity index (χ3n) is 9.20. The quantitative estimate of drug-likeness (QED) is 0.568. The monoisotopic (exact) mass is 373 g/mol. The van der Waals surface area contributed by atoms with E-state index in [1.54, 1.807) is 0 Å². The lowest BCUT2D eigenvalue weighted by molar-refractivity contribution is -0.224. The van der Waals surface area contributed by atoms with Crippen LogP contribution in [0.25, 0.3) is 0 Å². The lowest BCUT2D eigenvalue weighted by Gasteiger charge is -2.71. The van der Waals surface area contributed by atoms with Gasteiger partial charge in [0.25, 0.3) is 0 Å². The van der Waals surface area contributed by atoms with Crippen LogP contribution in [0.5, 0.6) is 0 Å². The summed E-state index contributed by atoms with van der Waals surface area (Å²) in [5, 5.41) is 20.7. The number of ketones is 2. The fourth-order valence-electron chi connectivity index (χ4n) is 8.41. The zero-order valence-corrected chi connectivity index (χ0v) is 16.2. The smallest absolute Gasteiger partial charge is 0.208 e. The number of fused-ring (bicyclic) bond motifs is 2. The lowest BCUT2D eigenvalue weighted by Crippen LogP contribution is -2.76. The molecule has 1 saturated heterocycles. The number of rotatable bonds is 2. The van der Waals surface area contributed by atoms with Gasteiger partial charge >= 0.3 is 0 Å². The highest BCUT2D eigenvalue weighted by Gasteiger charge is 2.75. The second-order valence-electron chi connectivity index (χ2n) is 10.3. The molecule has 0 amide bonds. The number of carbonyl (C=O) groups excluding carboxylic acids is 2. The number of aliphatic hydroxyl groups excluding tert-OH is 2. The van der Waals surface area contributed by atoms with Crippen LogP contribution in [-0.4, -0.2) is 59.0 Å². The first-order chi connectivity index (χ1) is 12.8. The first-order valence-corrected chi connectivity index (χ1v) is 10.6. The minimum absolute atomic E-state index is 0.0561. The van der Waals surface area contributed by atoms with E-state index in [0.717, 1.165) is 50.8 Å². The molecule has 5 saturated carbocycles. The molecule has 1 aliphatic heterocycles. The highest BCUT2D eigenvalue weighted by molar-refractivity contribution is 6.41. The van der Waals surface area contributed by atoms with Gasteiger partial charge in [0.05, 0.1) is 18.1 Å². The number of hydrogen-bond donors (Lipinski definition) is 2. The van der Waals surface area contributed by atoms with E-state index >= 15 is 0 Å². The van der Waals surface area contributed by atoms with Crippen molar-refractivity contribution in [2.24, 2.45) is 34.0 Å². The van der Waals surface area contributed by atoms with Crippen LogP contribution in [0.3, 0.4) is 0 Å². The van der Waals surface area contributed by atoms with Crippen LogP contribution in [0, 0.1) is 34.0 Å². The molecule has 7 atom stereocenters. The summed E-state index contributed by atoms with van der Waals surface area (Å²) in [7, 11) is 0. The van der Waals surface area contributed by atoms with Crippen LogP contribution >= 0.6 is 0 Å². The van der Waals surface area contributed by atoms with E-state index in [1.807, 2.05) is 0 Å². The number of carbonyl (C=O) groups is 2. The van der Waals surface area contributed by atoms with E-state index in [1.165, 1.54) is 0 Å². The third-order valence-corrected chi connectivity index (χ3v) is 9.20. The Labute approximate surface area is 160 Å². The Morgan fingerprint density at radius 1 is 1.22 bits per heavy atom. The van der Waals surface area contributed by atoms with Crippen molar-refractivity contribution in [3.63, 3.8) is 0 Å². The molecule has 2 unspecified atom stereocenters. The Balaban J connectivity index is 1.69. The van der Waals surface area contributed by atoms with Gasteiger partial charge in [0.15, 0.2) is 0 Å². The van der Waals surface area contributed by atoms with Crippen molar-refractivity contribution in [2.75, 3.05) is 26.2 Å². The van der Waals surface area contributed by atoms with Crippen LogP contribution in [0.4, 0.5) is 0 Å². The molecule has 6 rings (SSSR count). The van der Waals surface area contributed by atoms with Gasteiger partial charge in [0.1, 0.15) is 0 Å². The van der Waals surface area contributed by atoms with Gasteiger partial charge in [0, 0.05) is 25.6 Å². The molecule has 148 valence electrons. The zero-order chi connectivity index (χ0) is 19.2. The van der Waals surface area contributed by atoms with Crippen molar-refractivity contribution < 1.29 is 19.8 Å². The average molecular weight is 373 g/mol. The van der Waals surface area contributed by atoms with Crippen molar-refractivity contribution in [3.8, 4) is 0 Å². The Kier molecular flexibility index (Phi) is 3.68. The van der Waals surface area contributed by atoms with Crippen LogP contribution in [0.2, 0.25) is 0 Å². The van der Waals surface area contributed by atoms with Crippen LogP contribution in [-0.2, 0) is 9.59 Å². The molecule has 27 heavy (non-hydrogen) atoms. The van der Waals surface area contributed by atoms with Crippen LogP contribution in [0.1, 0.15) is 45.4 Å². The minimum Gasteiger partial charge on any atom is -0.395 e. The Hall–Kier alpha value is -1.04. The van der Waals surface area contributed by atoms with E-state index in [2.05, 4.69) is 18.4 Å². The van der Waals surface area contributed by atoms with Gasteiger partial charge in [0.2, 0.25) is 11.6 Å². The lowest BCUT2D eigenvalue weighted by atomic mass is 9.34. The summed E-state index contributed by atoms with van der Waals surface area (Å²) < 4.78 is 0. The molecule has 5 nitrogen and oxygen atoms in total. The van der Waals surface area contributed by atoms with E-state index in [9.17, 15) is 19.8 Å². The second-order valence-corrected chi connectivity index (χ2v) is 10.3. The molecule has 0 aromatic rings. The Bertz CT molecular complexity index is 734. The van der Waals surface area contributed by atoms with Gasteiger partial charge in [-0.1, -0.05) is 19.9 Å². The molecule has 6 aliphatic rings. The molecule has 0 radical (unpaired) electrons. The largest absolute Gasteiger partial charge is 0.395 e. The van der Waals surface area contributed by atoms with Gasteiger partial charge < -0.3 is 10.2 Å². The summed E-state index contributed by atoms with van der Waals surface area (Å²) in [4.78, 5) is 29.4. The molecule has 0 aromatic heterocycles. The third kappa shape index (κ3) is 1.96. The van der Waals surface area contributed by atoms with Gasteiger partial charge in [-0.05, 0) is 60.3 Å². The first-order valence-electron chi connectivity index (χ1n) is 10.6. The summed E-state index contributed by atoms with van der Waals surface area (Å²) >= 11 is 0.